The van der Waals surface area contributed by atoms with Gasteiger partial charge in [0.05, 0.1) is 16.9 Å². The van der Waals surface area contributed by atoms with E-state index in [-0.39, 0.29) is 21.4 Å². The zero-order valence-corrected chi connectivity index (χ0v) is 11.5. The molecule has 0 atom stereocenters. The van der Waals surface area contributed by atoms with Gasteiger partial charge in [0.25, 0.3) is 5.91 Å². The number of anilines is 2. The van der Waals surface area contributed by atoms with Crippen molar-refractivity contribution < 1.29 is 18.0 Å². The maximum Gasteiger partial charge on any atom is 0.256 e. The number of nitrogen functional groups attached to an aromatic ring is 1. The molecule has 0 saturated heterocycles. The Hall–Kier alpha value is -2.02. The van der Waals surface area contributed by atoms with Crippen molar-refractivity contribution in [3.8, 4) is 0 Å². The van der Waals surface area contributed by atoms with E-state index in [0.29, 0.717) is 0 Å². The molecule has 3 N–H and O–H groups in total. The number of nitrogens with two attached hydrogens (primary N) is 1. The lowest BCUT2D eigenvalue weighted by molar-refractivity contribution is 0.102. The second-order valence-corrected chi connectivity index (χ2v) is 4.79. The van der Waals surface area contributed by atoms with Crippen LogP contribution in [-0.2, 0) is 0 Å². The van der Waals surface area contributed by atoms with Crippen molar-refractivity contribution in [2.24, 2.45) is 0 Å². The van der Waals surface area contributed by atoms with Gasteiger partial charge in [0.1, 0.15) is 17.5 Å². The van der Waals surface area contributed by atoms with Crippen molar-refractivity contribution in [3.05, 3.63) is 57.8 Å². The molecule has 2 aromatic rings. The summed E-state index contributed by atoms with van der Waals surface area (Å²) in [5.74, 6) is -2.91. The summed E-state index contributed by atoms with van der Waals surface area (Å²) in [7, 11) is 0. The third-order valence-electron chi connectivity index (χ3n) is 2.51. The average Bonchev–Trinajstić information content (AvgIpc) is 2.38. The van der Waals surface area contributed by atoms with E-state index in [0.717, 1.165) is 30.3 Å². The van der Waals surface area contributed by atoms with E-state index in [1.54, 1.807) is 0 Å². The molecule has 2 rings (SSSR count). The Morgan fingerprint density at radius 1 is 1.10 bits per heavy atom. The van der Waals surface area contributed by atoms with Crippen LogP contribution in [-0.4, -0.2) is 5.91 Å². The lowest BCUT2D eigenvalue weighted by Crippen LogP contribution is -2.14. The van der Waals surface area contributed by atoms with Gasteiger partial charge in [-0.2, -0.15) is 0 Å². The molecule has 20 heavy (non-hydrogen) atoms. The zero-order chi connectivity index (χ0) is 14.9. The first-order valence-electron chi connectivity index (χ1n) is 5.39. The summed E-state index contributed by atoms with van der Waals surface area (Å²) in [5, 5.41) is 2.19. The van der Waals surface area contributed by atoms with Gasteiger partial charge in [-0.05, 0) is 40.2 Å². The molecule has 1 amide bonds. The summed E-state index contributed by atoms with van der Waals surface area (Å²) < 4.78 is 39.7. The van der Waals surface area contributed by atoms with Crippen molar-refractivity contribution in [2.75, 3.05) is 11.1 Å². The fourth-order valence-corrected chi connectivity index (χ4v) is 2.02. The van der Waals surface area contributed by atoms with E-state index < -0.39 is 23.4 Å². The highest BCUT2D eigenvalue weighted by Crippen LogP contribution is 2.24. The molecule has 0 saturated carbocycles. The summed E-state index contributed by atoms with van der Waals surface area (Å²) in [6.45, 7) is 0. The van der Waals surface area contributed by atoms with Crippen molar-refractivity contribution in [2.45, 2.75) is 0 Å². The maximum absolute atomic E-state index is 13.4. The maximum atomic E-state index is 13.4. The van der Waals surface area contributed by atoms with Gasteiger partial charge in [0.15, 0.2) is 0 Å². The number of nitrogens with one attached hydrogen (secondary N) is 1. The van der Waals surface area contributed by atoms with E-state index in [1.807, 2.05) is 0 Å². The van der Waals surface area contributed by atoms with Crippen LogP contribution in [0, 0.1) is 17.5 Å². The molecule has 0 aliphatic heterocycles. The van der Waals surface area contributed by atoms with Crippen LogP contribution in [0.15, 0.2) is 34.8 Å². The van der Waals surface area contributed by atoms with Crippen LogP contribution in [0.25, 0.3) is 0 Å². The summed E-state index contributed by atoms with van der Waals surface area (Å²) in [6.07, 6.45) is 0. The SMILES string of the molecule is Nc1cc(C(=O)Nc2cc(F)ccc2F)c(Br)cc1F. The normalized spacial score (nSPS) is 10.4. The molecule has 0 heterocycles. The number of rotatable bonds is 2. The molecule has 104 valence electrons. The van der Waals surface area contributed by atoms with Crippen LogP contribution < -0.4 is 11.1 Å². The summed E-state index contributed by atoms with van der Waals surface area (Å²) >= 11 is 3.00. The summed E-state index contributed by atoms with van der Waals surface area (Å²) in [6, 6.07) is 4.78. The van der Waals surface area contributed by atoms with Crippen molar-refractivity contribution >= 4 is 33.2 Å². The van der Waals surface area contributed by atoms with Crippen molar-refractivity contribution in [3.63, 3.8) is 0 Å². The number of benzene rings is 2. The smallest absolute Gasteiger partial charge is 0.256 e. The Labute approximate surface area is 120 Å². The van der Waals surface area contributed by atoms with E-state index in [9.17, 15) is 18.0 Å². The number of carbonyl (C=O) groups is 1. The third-order valence-corrected chi connectivity index (χ3v) is 3.16. The molecule has 0 aromatic heterocycles. The highest BCUT2D eigenvalue weighted by Gasteiger charge is 2.15. The van der Waals surface area contributed by atoms with Gasteiger partial charge >= 0.3 is 0 Å². The van der Waals surface area contributed by atoms with E-state index >= 15 is 0 Å². The minimum Gasteiger partial charge on any atom is -0.396 e. The molecule has 0 aliphatic carbocycles. The van der Waals surface area contributed by atoms with Gasteiger partial charge < -0.3 is 11.1 Å². The van der Waals surface area contributed by atoms with E-state index in [4.69, 9.17) is 5.73 Å². The van der Waals surface area contributed by atoms with Crippen LogP contribution in [0.5, 0.6) is 0 Å². The molecular weight excluding hydrogens is 337 g/mol. The fourth-order valence-electron chi connectivity index (χ4n) is 1.52. The second kappa shape index (κ2) is 5.54. The number of carbonyl (C=O) groups excluding carboxylic acids is 1. The summed E-state index contributed by atoms with van der Waals surface area (Å²) in [4.78, 5) is 12.0. The van der Waals surface area contributed by atoms with Gasteiger partial charge in [0, 0.05) is 10.5 Å². The highest BCUT2D eigenvalue weighted by molar-refractivity contribution is 9.10. The first kappa shape index (κ1) is 14.4. The topological polar surface area (TPSA) is 55.1 Å². The predicted octanol–water partition coefficient (Wildman–Crippen LogP) is 3.70. The standard InChI is InChI=1S/C13H8BrF3N2O/c14-8-5-10(17)11(18)4-7(8)13(20)19-12-3-6(15)1-2-9(12)16/h1-5H,18H2,(H,19,20). The Kier molecular flexibility index (Phi) is 3.99. The lowest BCUT2D eigenvalue weighted by atomic mass is 10.1. The molecule has 0 spiro atoms. The minimum absolute atomic E-state index is 0.00700. The Balaban J connectivity index is 2.33. The monoisotopic (exact) mass is 344 g/mol. The minimum atomic E-state index is -0.786. The molecular formula is C13H8BrF3N2O. The van der Waals surface area contributed by atoms with Crippen LogP contribution in [0.3, 0.4) is 0 Å². The van der Waals surface area contributed by atoms with Crippen molar-refractivity contribution in [1.29, 1.82) is 0 Å². The third kappa shape index (κ3) is 2.93. The van der Waals surface area contributed by atoms with Crippen LogP contribution >= 0.6 is 15.9 Å². The molecule has 0 aliphatic rings. The Morgan fingerprint density at radius 2 is 1.80 bits per heavy atom. The number of hydrogen-bond acceptors (Lipinski definition) is 2. The quantitative estimate of drug-likeness (QED) is 0.816. The first-order chi connectivity index (χ1) is 9.38. The van der Waals surface area contributed by atoms with Crippen LogP contribution in [0.4, 0.5) is 24.5 Å². The van der Waals surface area contributed by atoms with Gasteiger partial charge in [0.2, 0.25) is 0 Å². The molecule has 0 fully saturated rings. The molecule has 3 nitrogen and oxygen atoms in total. The zero-order valence-electron chi connectivity index (χ0n) is 9.88. The molecule has 2 aromatic carbocycles. The Bertz CT molecular complexity index is 692. The van der Waals surface area contributed by atoms with Gasteiger partial charge in [-0.3, -0.25) is 4.79 Å². The first-order valence-corrected chi connectivity index (χ1v) is 6.18. The van der Waals surface area contributed by atoms with Gasteiger partial charge in [-0.25, -0.2) is 13.2 Å². The second-order valence-electron chi connectivity index (χ2n) is 3.93. The summed E-state index contributed by atoms with van der Waals surface area (Å²) in [5.41, 5.74) is 4.83. The molecule has 0 unspecified atom stereocenters. The predicted molar refractivity (Wildman–Crippen MR) is 72.8 cm³/mol. The van der Waals surface area contributed by atoms with Gasteiger partial charge in [-0.15, -0.1) is 0 Å². The molecule has 7 heteroatoms. The number of hydrogen-bond donors (Lipinski definition) is 2. The van der Waals surface area contributed by atoms with Crippen molar-refractivity contribution in [1.82, 2.24) is 0 Å². The lowest BCUT2D eigenvalue weighted by Gasteiger charge is -2.09. The van der Waals surface area contributed by atoms with E-state index in [1.165, 1.54) is 0 Å². The number of amides is 1. The average molecular weight is 345 g/mol. The molecule has 0 radical (unpaired) electrons. The number of halogens is 4. The van der Waals surface area contributed by atoms with Gasteiger partial charge in [-0.1, -0.05) is 0 Å². The largest absolute Gasteiger partial charge is 0.396 e. The van der Waals surface area contributed by atoms with E-state index in [2.05, 4.69) is 21.2 Å². The highest BCUT2D eigenvalue weighted by atomic mass is 79.9. The fraction of sp³-hybridized carbons (Fsp3) is 0. The molecule has 0 bridgehead atoms. The van der Waals surface area contributed by atoms with Crippen LogP contribution in [0.1, 0.15) is 10.4 Å². The van der Waals surface area contributed by atoms with Crippen LogP contribution in [0.2, 0.25) is 0 Å². The Morgan fingerprint density at radius 3 is 2.50 bits per heavy atom.